The zero-order chi connectivity index (χ0) is 28.7. The maximum atomic E-state index is 6.57. The molecule has 0 bridgehead atoms. The van der Waals surface area contributed by atoms with Crippen LogP contribution in [0.15, 0.2) is 66.7 Å². The van der Waals surface area contributed by atoms with Gasteiger partial charge in [0.15, 0.2) is 0 Å². The minimum atomic E-state index is 0.108. The number of nitrogens with zero attached hydrogens (tertiary/aromatic N) is 2. The van der Waals surface area contributed by atoms with E-state index in [1.54, 1.807) is 14.2 Å². The molecule has 42 heavy (non-hydrogen) atoms. The Morgan fingerprint density at radius 3 is 2.67 bits per heavy atom. The lowest BCUT2D eigenvalue weighted by atomic mass is 9.87. The molecule has 2 saturated heterocycles. The second-order valence-corrected chi connectivity index (χ2v) is 11.3. The summed E-state index contributed by atoms with van der Waals surface area (Å²) in [5.74, 6) is 3.12. The van der Waals surface area contributed by atoms with Crippen LogP contribution in [0, 0.1) is 0 Å². The summed E-state index contributed by atoms with van der Waals surface area (Å²) in [6.45, 7) is 7.47. The Hall–Kier alpha value is -3.46. The SMILES string of the molecule is COCCCN1CCOc2ccc(CO[C@H]3CNCC[C@@H]3c3ccc(OC4CN(c5ccccc5OC)C4)cc3)cc21. The Kier molecular flexibility index (Phi) is 9.33. The Balaban J connectivity index is 1.04. The van der Waals surface area contributed by atoms with Crippen LogP contribution in [0.3, 0.4) is 0 Å². The molecule has 3 aromatic rings. The Morgan fingerprint density at radius 1 is 0.976 bits per heavy atom. The van der Waals surface area contributed by atoms with Gasteiger partial charge in [0, 0.05) is 32.7 Å². The molecule has 2 atom stereocenters. The predicted octanol–water partition coefficient (Wildman–Crippen LogP) is 4.86. The molecule has 0 saturated carbocycles. The van der Waals surface area contributed by atoms with Crippen LogP contribution in [0.5, 0.6) is 17.2 Å². The van der Waals surface area contributed by atoms with E-state index in [1.807, 2.05) is 18.2 Å². The summed E-state index contributed by atoms with van der Waals surface area (Å²) in [4.78, 5) is 4.69. The molecule has 224 valence electrons. The highest BCUT2D eigenvalue weighted by Crippen LogP contribution is 2.35. The molecule has 6 rings (SSSR count). The lowest BCUT2D eigenvalue weighted by Crippen LogP contribution is -2.54. The molecule has 1 N–H and O–H groups in total. The van der Waals surface area contributed by atoms with Gasteiger partial charge >= 0.3 is 0 Å². The van der Waals surface area contributed by atoms with Crippen molar-refractivity contribution in [2.75, 3.05) is 76.5 Å². The van der Waals surface area contributed by atoms with E-state index in [4.69, 9.17) is 23.7 Å². The van der Waals surface area contributed by atoms with Crippen LogP contribution >= 0.6 is 0 Å². The van der Waals surface area contributed by atoms with E-state index < -0.39 is 0 Å². The van der Waals surface area contributed by atoms with Crippen molar-refractivity contribution in [3.63, 3.8) is 0 Å². The van der Waals surface area contributed by atoms with Crippen LogP contribution in [0.4, 0.5) is 11.4 Å². The van der Waals surface area contributed by atoms with Crippen LogP contribution in [-0.2, 0) is 16.1 Å². The topological polar surface area (TPSA) is 64.7 Å². The van der Waals surface area contributed by atoms with Crippen molar-refractivity contribution in [2.45, 2.75) is 37.6 Å². The van der Waals surface area contributed by atoms with Crippen LogP contribution in [0.1, 0.15) is 29.9 Å². The third-order valence-corrected chi connectivity index (χ3v) is 8.53. The third-order valence-electron chi connectivity index (χ3n) is 8.53. The molecule has 0 radical (unpaired) electrons. The molecular formula is C34H43N3O5. The van der Waals surface area contributed by atoms with E-state index in [0.717, 1.165) is 93.9 Å². The van der Waals surface area contributed by atoms with E-state index in [-0.39, 0.29) is 12.2 Å². The number of para-hydroxylation sites is 2. The molecule has 0 amide bonds. The first-order valence-electron chi connectivity index (χ1n) is 15.2. The number of methoxy groups -OCH3 is 2. The normalized spacial score (nSPS) is 20.4. The largest absolute Gasteiger partial charge is 0.495 e. The molecule has 0 spiro atoms. The summed E-state index contributed by atoms with van der Waals surface area (Å²) in [6, 6.07) is 23.2. The average molecular weight is 574 g/mol. The van der Waals surface area contributed by atoms with Gasteiger partial charge in [0.05, 0.1) is 50.8 Å². The van der Waals surface area contributed by atoms with Crippen molar-refractivity contribution in [3.8, 4) is 17.2 Å². The molecule has 3 heterocycles. The molecule has 2 fully saturated rings. The van der Waals surface area contributed by atoms with Crippen molar-refractivity contribution >= 4 is 11.4 Å². The van der Waals surface area contributed by atoms with Gasteiger partial charge in [0.25, 0.3) is 0 Å². The molecule has 3 aliphatic rings. The summed E-state index contributed by atoms with van der Waals surface area (Å²) in [5.41, 5.74) is 4.76. The molecule has 3 aromatic carbocycles. The fourth-order valence-corrected chi connectivity index (χ4v) is 6.22. The number of rotatable bonds is 12. The van der Waals surface area contributed by atoms with Crippen LogP contribution in [0.25, 0.3) is 0 Å². The van der Waals surface area contributed by atoms with Crippen molar-refractivity contribution in [3.05, 3.63) is 77.9 Å². The zero-order valence-electron chi connectivity index (χ0n) is 24.8. The number of nitrogens with one attached hydrogen (secondary N) is 1. The summed E-state index contributed by atoms with van der Waals surface area (Å²) < 4.78 is 29.5. The van der Waals surface area contributed by atoms with Crippen molar-refractivity contribution < 1.29 is 23.7 Å². The van der Waals surface area contributed by atoms with Gasteiger partial charge in [-0.2, -0.15) is 0 Å². The Labute approximate surface area is 249 Å². The maximum absolute atomic E-state index is 6.57. The number of benzene rings is 3. The van der Waals surface area contributed by atoms with Gasteiger partial charge in [-0.1, -0.05) is 30.3 Å². The first-order valence-corrected chi connectivity index (χ1v) is 15.2. The highest BCUT2D eigenvalue weighted by molar-refractivity contribution is 5.62. The minimum Gasteiger partial charge on any atom is -0.495 e. The van der Waals surface area contributed by atoms with E-state index in [1.165, 1.54) is 11.1 Å². The van der Waals surface area contributed by atoms with Gasteiger partial charge in [0.1, 0.15) is 30.0 Å². The van der Waals surface area contributed by atoms with Crippen molar-refractivity contribution in [2.24, 2.45) is 0 Å². The lowest BCUT2D eigenvalue weighted by molar-refractivity contribution is 0.0106. The van der Waals surface area contributed by atoms with E-state index in [9.17, 15) is 0 Å². The number of hydrogen-bond donors (Lipinski definition) is 1. The smallest absolute Gasteiger partial charge is 0.142 e. The number of hydrogen-bond acceptors (Lipinski definition) is 8. The summed E-state index contributed by atoms with van der Waals surface area (Å²) in [6.07, 6.45) is 2.33. The highest BCUT2D eigenvalue weighted by Gasteiger charge is 2.31. The molecular weight excluding hydrogens is 530 g/mol. The number of fused-ring (bicyclic) bond motifs is 1. The van der Waals surface area contributed by atoms with Crippen molar-refractivity contribution in [1.29, 1.82) is 0 Å². The van der Waals surface area contributed by atoms with E-state index >= 15 is 0 Å². The summed E-state index contributed by atoms with van der Waals surface area (Å²) in [5, 5.41) is 3.53. The number of anilines is 2. The van der Waals surface area contributed by atoms with Gasteiger partial charge in [-0.25, -0.2) is 0 Å². The monoisotopic (exact) mass is 573 g/mol. The second-order valence-electron chi connectivity index (χ2n) is 11.3. The Bertz CT molecular complexity index is 1300. The molecule has 0 aliphatic carbocycles. The quantitative estimate of drug-likeness (QED) is 0.308. The van der Waals surface area contributed by atoms with Crippen LogP contribution in [0.2, 0.25) is 0 Å². The van der Waals surface area contributed by atoms with Gasteiger partial charge in [-0.15, -0.1) is 0 Å². The predicted molar refractivity (Wildman–Crippen MR) is 166 cm³/mol. The number of piperidine rings is 1. The summed E-state index contributed by atoms with van der Waals surface area (Å²) in [7, 11) is 3.47. The average Bonchev–Trinajstić information content (AvgIpc) is 3.02. The fraction of sp³-hybridized carbons (Fsp3) is 0.471. The van der Waals surface area contributed by atoms with Gasteiger partial charge in [-0.3, -0.25) is 0 Å². The maximum Gasteiger partial charge on any atom is 0.142 e. The molecule has 8 heteroatoms. The second kappa shape index (κ2) is 13.7. The minimum absolute atomic E-state index is 0.108. The Morgan fingerprint density at radius 2 is 1.83 bits per heavy atom. The molecule has 0 aromatic heterocycles. The van der Waals surface area contributed by atoms with E-state index in [2.05, 4.69) is 63.6 Å². The van der Waals surface area contributed by atoms with Crippen LogP contribution in [-0.4, -0.2) is 78.9 Å². The van der Waals surface area contributed by atoms with E-state index in [0.29, 0.717) is 12.5 Å². The first kappa shape index (κ1) is 28.6. The van der Waals surface area contributed by atoms with Gasteiger partial charge in [0.2, 0.25) is 0 Å². The lowest BCUT2D eigenvalue weighted by Gasteiger charge is -2.41. The molecule has 8 nitrogen and oxygen atoms in total. The first-order chi connectivity index (χ1) is 20.7. The fourth-order valence-electron chi connectivity index (χ4n) is 6.22. The number of ether oxygens (including phenoxy) is 5. The van der Waals surface area contributed by atoms with Crippen LogP contribution < -0.4 is 29.3 Å². The van der Waals surface area contributed by atoms with Gasteiger partial charge in [-0.05, 0) is 66.9 Å². The highest BCUT2D eigenvalue weighted by atomic mass is 16.5. The van der Waals surface area contributed by atoms with Crippen molar-refractivity contribution in [1.82, 2.24) is 5.32 Å². The molecule has 0 unspecified atom stereocenters. The standard InChI is InChI=1S/C34H43N3O5/c1-38-18-5-16-36-17-19-40-33-13-8-25(20-31(33)36)24-41-34-21-35-15-14-29(34)26-9-11-27(12-10-26)42-28-22-37(23-28)30-6-3-4-7-32(30)39-2/h3-4,6-13,20,28-29,34-35H,5,14-19,21-24H2,1-2H3/t29-,34+/m1/s1. The zero-order valence-corrected chi connectivity index (χ0v) is 24.8. The third kappa shape index (κ3) is 6.61. The summed E-state index contributed by atoms with van der Waals surface area (Å²) >= 11 is 0. The van der Waals surface area contributed by atoms with Gasteiger partial charge < -0.3 is 38.8 Å². The molecule has 3 aliphatic heterocycles.